The quantitative estimate of drug-likeness (QED) is 0.707. The van der Waals surface area contributed by atoms with Gasteiger partial charge in [-0.2, -0.15) is 17.5 Å². The van der Waals surface area contributed by atoms with Crippen LogP contribution in [0.4, 0.5) is 18.9 Å². The third-order valence-electron chi connectivity index (χ3n) is 7.94. The number of nitrogens with zero attached hydrogens (tertiary/aromatic N) is 3. The van der Waals surface area contributed by atoms with Crippen molar-refractivity contribution in [1.29, 1.82) is 0 Å². The summed E-state index contributed by atoms with van der Waals surface area (Å²) in [7, 11) is -5.47. The summed E-state index contributed by atoms with van der Waals surface area (Å²) >= 11 is 0. The fourth-order valence-corrected chi connectivity index (χ4v) is 6.90. The number of ether oxygens (including phenoxy) is 1. The van der Waals surface area contributed by atoms with E-state index in [2.05, 4.69) is 14.9 Å². The van der Waals surface area contributed by atoms with Crippen LogP contribution < -0.4 is 4.90 Å². The molecule has 1 atom stereocenters. The summed E-state index contributed by atoms with van der Waals surface area (Å²) in [6.45, 7) is 1.08. The van der Waals surface area contributed by atoms with Crippen molar-refractivity contribution in [2.75, 3.05) is 24.7 Å². The Kier molecular flexibility index (Phi) is 4.67. The Morgan fingerprint density at radius 2 is 1.97 bits per heavy atom. The number of aromatic amines is 1. The van der Waals surface area contributed by atoms with Gasteiger partial charge in [-0.3, -0.25) is 0 Å². The first kappa shape index (κ1) is 21.4. The molecule has 0 radical (unpaired) electrons. The lowest BCUT2D eigenvalue weighted by Gasteiger charge is -2.67. The maximum absolute atomic E-state index is 13.7. The average Bonchev–Trinajstić information content (AvgIpc) is 3.08. The second-order valence-corrected chi connectivity index (χ2v) is 11.9. The SMILES string of the molecule is O=S(=O)(N1Cc2cc(C3COC3)ccc2N(Cc2cnc[nH]2)[C@@H](C23CC(C2)C3)C1)C(F)(F)F. The number of sulfonamides is 1. The molecule has 1 aromatic heterocycles. The van der Waals surface area contributed by atoms with Gasteiger partial charge in [0.2, 0.25) is 0 Å². The number of rotatable bonds is 5. The minimum Gasteiger partial charge on any atom is -0.380 e. The molecule has 2 aliphatic heterocycles. The van der Waals surface area contributed by atoms with E-state index in [-0.39, 0.29) is 30.5 Å². The molecule has 2 bridgehead atoms. The van der Waals surface area contributed by atoms with Gasteiger partial charge in [0.25, 0.3) is 0 Å². The van der Waals surface area contributed by atoms with E-state index in [4.69, 9.17) is 4.74 Å². The second-order valence-electron chi connectivity index (χ2n) is 9.93. The minimum absolute atomic E-state index is 0.147. The Morgan fingerprint density at radius 1 is 1.21 bits per heavy atom. The lowest BCUT2D eigenvalue weighted by atomic mass is 9.41. The van der Waals surface area contributed by atoms with Gasteiger partial charge < -0.3 is 14.6 Å². The van der Waals surface area contributed by atoms with Gasteiger partial charge in [0.1, 0.15) is 0 Å². The number of hydrogen-bond acceptors (Lipinski definition) is 5. The molecule has 7 rings (SSSR count). The van der Waals surface area contributed by atoms with E-state index in [9.17, 15) is 21.6 Å². The number of aromatic nitrogens is 2. The number of halogens is 3. The van der Waals surface area contributed by atoms with E-state index in [1.54, 1.807) is 12.5 Å². The lowest BCUT2D eigenvalue weighted by Crippen LogP contribution is -2.66. The zero-order valence-corrected chi connectivity index (χ0v) is 18.7. The summed E-state index contributed by atoms with van der Waals surface area (Å²) < 4.78 is 72.1. The summed E-state index contributed by atoms with van der Waals surface area (Å²) in [6.07, 6.45) is 6.08. The van der Waals surface area contributed by atoms with E-state index in [1.165, 1.54) is 0 Å². The van der Waals surface area contributed by atoms with Gasteiger partial charge in [-0.25, -0.2) is 13.4 Å². The van der Waals surface area contributed by atoms with Crippen LogP contribution in [0.2, 0.25) is 0 Å². The van der Waals surface area contributed by atoms with Crippen molar-refractivity contribution in [3.8, 4) is 0 Å². The van der Waals surface area contributed by atoms with E-state index < -0.39 is 15.5 Å². The van der Waals surface area contributed by atoms with Crippen LogP contribution in [0, 0.1) is 11.3 Å². The Hall–Kier alpha value is -2.11. The Balaban J connectivity index is 1.47. The van der Waals surface area contributed by atoms with Gasteiger partial charge in [0.05, 0.1) is 31.8 Å². The predicted octanol–water partition coefficient (Wildman–Crippen LogP) is 3.36. The van der Waals surface area contributed by atoms with Gasteiger partial charge >= 0.3 is 15.5 Å². The van der Waals surface area contributed by atoms with Crippen molar-refractivity contribution in [2.24, 2.45) is 11.3 Å². The van der Waals surface area contributed by atoms with Crippen molar-refractivity contribution >= 4 is 15.7 Å². The summed E-state index contributed by atoms with van der Waals surface area (Å²) in [5.74, 6) is 0.788. The number of H-pyrrole nitrogens is 1. The number of alkyl halides is 3. The molecule has 3 heterocycles. The van der Waals surface area contributed by atoms with Crippen LogP contribution in [0.3, 0.4) is 0 Å². The molecule has 3 saturated carbocycles. The standard InChI is InChI=1S/C22H25F3N4O3S/c23-22(24,25)33(30,31)28-8-16-3-15(17-11-32-12-17)1-2-19(16)29(9-18-7-26-13-27-18)20(10-28)21-4-14(5-21)6-21/h1-3,7,13-14,17,20H,4-6,8-12H2,(H,26,27)/t14?,20-,21?/m1/s1. The highest BCUT2D eigenvalue weighted by atomic mass is 32.2. The molecule has 4 fully saturated rings. The molecule has 0 spiro atoms. The predicted molar refractivity (Wildman–Crippen MR) is 114 cm³/mol. The molecule has 1 N–H and O–H groups in total. The molecule has 0 amide bonds. The van der Waals surface area contributed by atoms with Crippen LogP contribution in [0.1, 0.15) is 42.0 Å². The molecule has 5 aliphatic rings. The fourth-order valence-electron chi connectivity index (χ4n) is 5.97. The largest absolute Gasteiger partial charge is 0.511 e. The Bertz CT molecular complexity index is 1150. The lowest BCUT2D eigenvalue weighted by molar-refractivity contribution is -0.129. The number of nitrogens with one attached hydrogen (secondary N) is 1. The molecule has 0 unspecified atom stereocenters. The molecule has 7 nitrogen and oxygen atoms in total. The number of anilines is 1. The van der Waals surface area contributed by atoms with Crippen molar-refractivity contribution < 1.29 is 26.3 Å². The zero-order chi connectivity index (χ0) is 23.0. The number of benzene rings is 1. The van der Waals surface area contributed by atoms with Crippen LogP contribution in [-0.4, -0.2) is 54.0 Å². The first-order valence-corrected chi connectivity index (χ1v) is 12.6. The highest BCUT2D eigenvalue weighted by Crippen LogP contribution is 2.67. The van der Waals surface area contributed by atoms with Gasteiger partial charge in [0, 0.05) is 36.9 Å². The summed E-state index contributed by atoms with van der Waals surface area (Å²) in [5, 5.41) is 0. The third kappa shape index (κ3) is 3.30. The molecular weight excluding hydrogens is 457 g/mol. The highest BCUT2D eigenvalue weighted by Gasteiger charge is 2.63. The molecule has 178 valence electrons. The topological polar surface area (TPSA) is 78.5 Å². The molecule has 1 saturated heterocycles. The van der Waals surface area contributed by atoms with Gasteiger partial charge in [-0.15, -0.1) is 0 Å². The van der Waals surface area contributed by atoms with Crippen molar-refractivity contribution in [2.45, 2.75) is 49.8 Å². The van der Waals surface area contributed by atoms with Crippen molar-refractivity contribution in [3.05, 3.63) is 47.5 Å². The van der Waals surface area contributed by atoms with Crippen LogP contribution >= 0.6 is 0 Å². The van der Waals surface area contributed by atoms with Crippen LogP contribution in [0.15, 0.2) is 30.7 Å². The Labute approximate surface area is 190 Å². The third-order valence-corrected chi connectivity index (χ3v) is 9.49. The number of imidazole rings is 1. The molecule has 1 aromatic carbocycles. The first-order chi connectivity index (χ1) is 15.7. The van der Waals surface area contributed by atoms with E-state index in [1.807, 2.05) is 18.2 Å². The maximum Gasteiger partial charge on any atom is 0.511 e. The molecule has 3 aliphatic carbocycles. The number of fused-ring (bicyclic) bond motifs is 1. The zero-order valence-electron chi connectivity index (χ0n) is 17.9. The molecule has 2 aromatic rings. The van der Waals surface area contributed by atoms with Crippen molar-refractivity contribution in [1.82, 2.24) is 14.3 Å². The summed E-state index contributed by atoms with van der Waals surface area (Å²) in [6, 6.07) is 5.47. The Morgan fingerprint density at radius 3 is 2.52 bits per heavy atom. The van der Waals surface area contributed by atoms with E-state index in [0.717, 1.165) is 36.2 Å². The number of hydrogen-bond donors (Lipinski definition) is 1. The van der Waals surface area contributed by atoms with Crippen molar-refractivity contribution in [3.63, 3.8) is 0 Å². The molecule has 11 heteroatoms. The second kappa shape index (κ2) is 7.19. The van der Waals surface area contributed by atoms with Gasteiger partial charge in [0.15, 0.2) is 0 Å². The minimum atomic E-state index is -5.47. The van der Waals surface area contributed by atoms with Crippen LogP contribution in [0.5, 0.6) is 0 Å². The van der Waals surface area contributed by atoms with Gasteiger partial charge in [-0.1, -0.05) is 12.1 Å². The smallest absolute Gasteiger partial charge is 0.380 e. The van der Waals surface area contributed by atoms with E-state index >= 15 is 0 Å². The normalized spacial score (nSPS) is 30.1. The average molecular weight is 483 g/mol. The van der Waals surface area contributed by atoms with Crippen LogP contribution in [0.25, 0.3) is 0 Å². The maximum atomic E-state index is 13.7. The van der Waals surface area contributed by atoms with E-state index in [0.29, 0.717) is 35.5 Å². The van der Waals surface area contributed by atoms with Crippen LogP contribution in [-0.2, 0) is 27.8 Å². The fraction of sp³-hybridized carbons (Fsp3) is 0.591. The van der Waals surface area contributed by atoms with Gasteiger partial charge in [-0.05, 0) is 47.8 Å². The molecular formula is C22H25F3N4O3S. The summed E-state index contributed by atoms with van der Waals surface area (Å²) in [5.41, 5.74) is -2.29. The molecule has 33 heavy (non-hydrogen) atoms. The first-order valence-electron chi connectivity index (χ1n) is 11.2. The summed E-state index contributed by atoms with van der Waals surface area (Å²) in [4.78, 5) is 9.29. The monoisotopic (exact) mass is 482 g/mol. The highest BCUT2D eigenvalue weighted by molar-refractivity contribution is 7.89.